The van der Waals surface area contributed by atoms with Crippen molar-refractivity contribution in [1.82, 2.24) is 9.80 Å². The third kappa shape index (κ3) is 5.22. The highest BCUT2D eigenvalue weighted by molar-refractivity contribution is 4.79. The molecule has 0 N–H and O–H groups in total. The molecule has 1 saturated heterocycles. The van der Waals surface area contributed by atoms with Crippen molar-refractivity contribution in [2.75, 3.05) is 33.3 Å². The molecule has 2 aliphatic rings. The first kappa shape index (κ1) is 17.2. The van der Waals surface area contributed by atoms with Gasteiger partial charge in [0.1, 0.15) is 0 Å². The summed E-state index contributed by atoms with van der Waals surface area (Å²) in [4.78, 5) is 5.31. The molecular weight excluding hydrogens is 260 g/mol. The van der Waals surface area contributed by atoms with Crippen molar-refractivity contribution in [1.29, 1.82) is 0 Å². The van der Waals surface area contributed by atoms with Crippen molar-refractivity contribution in [2.24, 2.45) is 5.92 Å². The van der Waals surface area contributed by atoms with Crippen LogP contribution < -0.4 is 0 Å². The number of methoxy groups -OCH3 is 1. The molecule has 0 unspecified atom stereocenters. The predicted octanol–water partition coefficient (Wildman–Crippen LogP) is 3.39. The third-order valence-corrected chi connectivity index (χ3v) is 5.82. The fourth-order valence-electron chi connectivity index (χ4n) is 4.01. The lowest BCUT2D eigenvalue weighted by Gasteiger charge is -2.40. The van der Waals surface area contributed by atoms with E-state index in [0.29, 0.717) is 12.1 Å². The zero-order valence-electron chi connectivity index (χ0n) is 14.7. The van der Waals surface area contributed by atoms with E-state index in [9.17, 15) is 0 Å². The van der Waals surface area contributed by atoms with Crippen LogP contribution in [0.2, 0.25) is 0 Å². The zero-order chi connectivity index (χ0) is 15.2. The molecule has 124 valence electrons. The van der Waals surface area contributed by atoms with Gasteiger partial charge in [-0.05, 0) is 65.2 Å². The van der Waals surface area contributed by atoms with E-state index in [0.717, 1.165) is 12.0 Å². The minimum Gasteiger partial charge on any atom is -0.381 e. The molecule has 1 atom stereocenters. The molecule has 0 amide bonds. The summed E-state index contributed by atoms with van der Waals surface area (Å²) in [6.07, 6.45) is 8.67. The molecule has 0 bridgehead atoms. The monoisotopic (exact) mass is 296 g/mol. The predicted molar refractivity (Wildman–Crippen MR) is 89.7 cm³/mol. The van der Waals surface area contributed by atoms with E-state index < -0.39 is 0 Å². The molecule has 1 heterocycles. The van der Waals surface area contributed by atoms with Gasteiger partial charge in [-0.1, -0.05) is 0 Å². The fourth-order valence-corrected chi connectivity index (χ4v) is 4.01. The Morgan fingerprint density at radius 2 is 1.48 bits per heavy atom. The standard InChI is InChI=1S/C18H36N2O/c1-15(2)19-11-13-20(14-12-19)16(3)5-6-17-7-9-18(21-4)10-8-17/h15-18H,5-14H2,1-4H3/t16-,17-,18-/m0/s1. The molecular formula is C18H36N2O. The van der Waals surface area contributed by atoms with Crippen molar-refractivity contribution in [3.8, 4) is 0 Å². The molecule has 0 spiro atoms. The summed E-state index contributed by atoms with van der Waals surface area (Å²) in [6, 6.07) is 1.47. The minimum absolute atomic E-state index is 0.544. The van der Waals surface area contributed by atoms with Crippen molar-refractivity contribution < 1.29 is 4.74 Å². The SMILES string of the molecule is CO[C@H]1CC[C@H](CC[C@H](C)N2CCN(C(C)C)CC2)CC1. The maximum Gasteiger partial charge on any atom is 0.0571 e. The molecule has 1 aliphatic carbocycles. The Morgan fingerprint density at radius 1 is 0.905 bits per heavy atom. The van der Waals surface area contributed by atoms with Crippen LogP contribution in [0.5, 0.6) is 0 Å². The smallest absolute Gasteiger partial charge is 0.0571 e. The second kappa shape index (κ2) is 8.50. The first-order valence-corrected chi connectivity index (χ1v) is 9.11. The molecule has 21 heavy (non-hydrogen) atoms. The van der Waals surface area contributed by atoms with Gasteiger partial charge in [-0.15, -0.1) is 0 Å². The normalized spacial score (nSPS) is 30.7. The van der Waals surface area contributed by atoms with Crippen molar-refractivity contribution in [2.45, 2.75) is 77.5 Å². The molecule has 0 aromatic carbocycles. The number of ether oxygens (including phenoxy) is 1. The van der Waals surface area contributed by atoms with Crippen LogP contribution in [0.1, 0.15) is 59.3 Å². The minimum atomic E-state index is 0.544. The lowest BCUT2D eigenvalue weighted by atomic mass is 9.83. The first-order chi connectivity index (χ1) is 10.1. The summed E-state index contributed by atoms with van der Waals surface area (Å²) < 4.78 is 5.48. The summed E-state index contributed by atoms with van der Waals surface area (Å²) in [5, 5.41) is 0. The van der Waals surface area contributed by atoms with Gasteiger partial charge in [0.2, 0.25) is 0 Å². The van der Waals surface area contributed by atoms with E-state index in [-0.39, 0.29) is 0 Å². The quantitative estimate of drug-likeness (QED) is 0.747. The number of hydrogen-bond acceptors (Lipinski definition) is 3. The van der Waals surface area contributed by atoms with E-state index in [1.165, 1.54) is 64.7 Å². The van der Waals surface area contributed by atoms with E-state index >= 15 is 0 Å². The molecule has 2 rings (SSSR count). The topological polar surface area (TPSA) is 15.7 Å². The molecule has 0 radical (unpaired) electrons. The van der Waals surface area contributed by atoms with Gasteiger partial charge >= 0.3 is 0 Å². The molecule has 0 aromatic heterocycles. The summed E-state index contributed by atoms with van der Waals surface area (Å²) in [7, 11) is 1.86. The van der Waals surface area contributed by atoms with Crippen molar-refractivity contribution in [3.05, 3.63) is 0 Å². The third-order valence-electron chi connectivity index (χ3n) is 5.82. The Labute approximate surface area is 132 Å². The van der Waals surface area contributed by atoms with Gasteiger partial charge in [0, 0.05) is 45.4 Å². The van der Waals surface area contributed by atoms with Gasteiger partial charge in [-0.2, -0.15) is 0 Å². The van der Waals surface area contributed by atoms with Crippen LogP contribution in [0.3, 0.4) is 0 Å². The van der Waals surface area contributed by atoms with Gasteiger partial charge in [0.25, 0.3) is 0 Å². The average molecular weight is 296 g/mol. The van der Waals surface area contributed by atoms with Gasteiger partial charge in [0.05, 0.1) is 6.10 Å². The molecule has 2 fully saturated rings. The summed E-state index contributed by atoms with van der Waals surface area (Å²) in [5.74, 6) is 0.954. The Kier molecular flexibility index (Phi) is 6.97. The zero-order valence-corrected chi connectivity index (χ0v) is 14.7. The molecule has 0 aromatic rings. The van der Waals surface area contributed by atoms with Gasteiger partial charge in [-0.3, -0.25) is 9.80 Å². The van der Waals surface area contributed by atoms with Crippen LogP contribution in [0, 0.1) is 5.92 Å². The molecule has 1 saturated carbocycles. The number of hydrogen-bond donors (Lipinski definition) is 0. The lowest BCUT2D eigenvalue weighted by Crippen LogP contribution is -2.51. The van der Waals surface area contributed by atoms with E-state index in [1.807, 2.05) is 7.11 Å². The van der Waals surface area contributed by atoms with E-state index in [2.05, 4.69) is 30.6 Å². The maximum absolute atomic E-state index is 5.48. The van der Waals surface area contributed by atoms with Gasteiger partial charge in [0.15, 0.2) is 0 Å². The molecule has 3 heteroatoms. The highest BCUT2D eigenvalue weighted by Gasteiger charge is 2.24. The van der Waals surface area contributed by atoms with Gasteiger partial charge < -0.3 is 4.74 Å². The maximum atomic E-state index is 5.48. The van der Waals surface area contributed by atoms with Crippen LogP contribution in [-0.2, 0) is 4.74 Å². The van der Waals surface area contributed by atoms with Crippen LogP contribution in [0.25, 0.3) is 0 Å². The Morgan fingerprint density at radius 3 is 2.00 bits per heavy atom. The molecule has 3 nitrogen and oxygen atoms in total. The largest absolute Gasteiger partial charge is 0.381 e. The summed E-state index contributed by atoms with van der Waals surface area (Å²) in [5.41, 5.74) is 0. The van der Waals surface area contributed by atoms with Crippen molar-refractivity contribution >= 4 is 0 Å². The van der Waals surface area contributed by atoms with Crippen LogP contribution in [-0.4, -0.2) is 61.3 Å². The number of piperazine rings is 1. The van der Waals surface area contributed by atoms with E-state index in [1.54, 1.807) is 0 Å². The van der Waals surface area contributed by atoms with Crippen molar-refractivity contribution in [3.63, 3.8) is 0 Å². The fraction of sp³-hybridized carbons (Fsp3) is 1.00. The Hall–Kier alpha value is -0.120. The highest BCUT2D eigenvalue weighted by Crippen LogP contribution is 2.30. The van der Waals surface area contributed by atoms with Crippen LogP contribution >= 0.6 is 0 Å². The first-order valence-electron chi connectivity index (χ1n) is 9.11. The summed E-state index contributed by atoms with van der Waals surface area (Å²) in [6.45, 7) is 12.1. The second-order valence-corrected chi connectivity index (χ2v) is 7.47. The average Bonchev–Trinajstić information content (AvgIpc) is 2.53. The molecule has 1 aliphatic heterocycles. The van der Waals surface area contributed by atoms with Gasteiger partial charge in [-0.25, -0.2) is 0 Å². The number of rotatable bonds is 6. The highest BCUT2D eigenvalue weighted by atomic mass is 16.5. The number of nitrogens with zero attached hydrogens (tertiary/aromatic N) is 2. The van der Waals surface area contributed by atoms with Crippen LogP contribution in [0.15, 0.2) is 0 Å². The van der Waals surface area contributed by atoms with E-state index in [4.69, 9.17) is 4.74 Å². The summed E-state index contributed by atoms with van der Waals surface area (Å²) >= 11 is 0. The Balaban J connectivity index is 1.63. The Bertz CT molecular complexity index is 279. The lowest BCUT2D eigenvalue weighted by molar-refractivity contribution is 0.0506. The second-order valence-electron chi connectivity index (χ2n) is 7.47. The van der Waals surface area contributed by atoms with Crippen LogP contribution in [0.4, 0.5) is 0 Å².